The van der Waals surface area contributed by atoms with Crippen molar-refractivity contribution in [2.24, 2.45) is 5.92 Å². The van der Waals surface area contributed by atoms with Gasteiger partial charge in [0.05, 0.1) is 12.4 Å². The van der Waals surface area contributed by atoms with E-state index in [2.05, 4.69) is 10.3 Å². The standard InChI is InChI=1S/C24H39N3O4S/c1-2-32(29,30)27(31-21-23-12-7-6-8-13-23)19-10-5-3-4-9-18-26-24(28)16-15-22-14-11-17-25-20-22/h11,14-17,20,23H,2-10,12-13,18-19,21H2,1H3,(H,26,28)/b16-15+. The van der Waals surface area contributed by atoms with E-state index in [-0.39, 0.29) is 11.7 Å². The zero-order chi connectivity index (χ0) is 23.1. The predicted molar refractivity (Wildman–Crippen MR) is 128 cm³/mol. The Labute approximate surface area is 193 Å². The molecule has 8 heteroatoms. The SMILES string of the molecule is CCS(=O)(=O)N(CCCCCCCNC(=O)/C=C/c1cccnc1)OCC1CCCCC1. The minimum absolute atomic E-state index is 0.0621. The van der Waals surface area contributed by atoms with E-state index in [0.29, 0.717) is 25.6 Å². The van der Waals surface area contributed by atoms with Crippen LogP contribution in [0.1, 0.15) is 76.7 Å². The molecule has 1 N–H and O–H groups in total. The number of unbranched alkanes of at least 4 members (excludes halogenated alkanes) is 4. The Morgan fingerprint density at radius 1 is 1.19 bits per heavy atom. The third kappa shape index (κ3) is 10.7. The van der Waals surface area contributed by atoms with E-state index in [0.717, 1.165) is 50.5 Å². The van der Waals surface area contributed by atoms with Crippen LogP contribution in [0, 0.1) is 5.92 Å². The van der Waals surface area contributed by atoms with Gasteiger partial charge in [-0.05, 0) is 56.2 Å². The van der Waals surface area contributed by atoms with E-state index in [1.165, 1.54) is 29.8 Å². The van der Waals surface area contributed by atoms with Gasteiger partial charge in [-0.2, -0.15) is 0 Å². The summed E-state index contributed by atoms with van der Waals surface area (Å²) in [5.74, 6) is 0.434. The molecule has 0 aromatic carbocycles. The van der Waals surface area contributed by atoms with Crippen LogP contribution in [0.5, 0.6) is 0 Å². The molecule has 1 fully saturated rings. The van der Waals surface area contributed by atoms with Crippen molar-refractivity contribution in [3.63, 3.8) is 0 Å². The highest BCUT2D eigenvalue weighted by molar-refractivity contribution is 7.88. The first-order valence-electron chi connectivity index (χ1n) is 12.0. The summed E-state index contributed by atoms with van der Waals surface area (Å²) in [5.41, 5.74) is 0.893. The summed E-state index contributed by atoms with van der Waals surface area (Å²) in [4.78, 5) is 21.6. The fraction of sp³-hybridized carbons (Fsp3) is 0.667. The molecular weight excluding hydrogens is 426 g/mol. The monoisotopic (exact) mass is 465 g/mol. The van der Waals surface area contributed by atoms with E-state index in [9.17, 15) is 13.2 Å². The van der Waals surface area contributed by atoms with Crippen molar-refractivity contribution in [3.05, 3.63) is 36.2 Å². The fourth-order valence-electron chi connectivity index (χ4n) is 3.78. The van der Waals surface area contributed by atoms with E-state index < -0.39 is 10.0 Å². The van der Waals surface area contributed by atoms with Crippen LogP contribution in [-0.2, 0) is 19.7 Å². The largest absolute Gasteiger partial charge is 0.353 e. The van der Waals surface area contributed by atoms with Gasteiger partial charge in [-0.15, -0.1) is 0 Å². The van der Waals surface area contributed by atoms with Crippen molar-refractivity contribution >= 4 is 22.0 Å². The van der Waals surface area contributed by atoms with Crippen molar-refractivity contribution in [3.8, 4) is 0 Å². The van der Waals surface area contributed by atoms with E-state index in [4.69, 9.17) is 4.84 Å². The molecule has 180 valence electrons. The summed E-state index contributed by atoms with van der Waals surface area (Å²) >= 11 is 0. The molecule has 0 spiro atoms. The second-order valence-electron chi connectivity index (χ2n) is 8.41. The number of nitrogens with one attached hydrogen (secondary N) is 1. The quantitative estimate of drug-likeness (QED) is 0.237. The summed E-state index contributed by atoms with van der Waals surface area (Å²) in [6.07, 6.45) is 17.3. The molecule has 1 amide bonds. The molecule has 32 heavy (non-hydrogen) atoms. The zero-order valence-corrected chi connectivity index (χ0v) is 20.2. The topological polar surface area (TPSA) is 88.6 Å². The summed E-state index contributed by atoms with van der Waals surface area (Å²) in [7, 11) is -3.34. The maximum atomic E-state index is 12.3. The molecule has 0 unspecified atom stereocenters. The molecule has 1 aromatic heterocycles. The van der Waals surface area contributed by atoms with Gasteiger partial charge in [-0.1, -0.05) is 49.1 Å². The lowest BCUT2D eigenvalue weighted by atomic mass is 9.90. The Hall–Kier alpha value is -1.77. The highest BCUT2D eigenvalue weighted by Gasteiger charge is 2.23. The summed E-state index contributed by atoms with van der Waals surface area (Å²) < 4.78 is 25.9. The molecule has 1 heterocycles. The Bertz CT molecular complexity index is 778. The van der Waals surface area contributed by atoms with Crippen molar-refractivity contribution < 1.29 is 18.0 Å². The number of aromatic nitrogens is 1. The lowest BCUT2D eigenvalue weighted by Crippen LogP contribution is -2.35. The highest BCUT2D eigenvalue weighted by Crippen LogP contribution is 2.24. The molecule has 0 atom stereocenters. The van der Waals surface area contributed by atoms with Gasteiger partial charge in [0.15, 0.2) is 0 Å². The lowest BCUT2D eigenvalue weighted by Gasteiger charge is -2.26. The maximum Gasteiger partial charge on any atom is 0.243 e. The molecule has 0 radical (unpaired) electrons. The van der Waals surface area contributed by atoms with E-state index in [1.807, 2.05) is 12.1 Å². The first-order chi connectivity index (χ1) is 15.5. The number of hydrogen-bond donors (Lipinski definition) is 1. The molecule has 1 saturated carbocycles. The second kappa shape index (κ2) is 15.1. The number of amides is 1. The fourth-order valence-corrected chi connectivity index (χ4v) is 4.70. The number of pyridine rings is 1. The first-order valence-corrected chi connectivity index (χ1v) is 13.6. The number of hydroxylamine groups is 1. The van der Waals surface area contributed by atoms with Gasteiger partial charge in [0.1, 0.15) is 0 Å². The van der Waals surface area contributed by atoms with Gasteiger partial charge in [0.2, 0.25) is 15.9 Å². The summed E-state index contributed by atoms with van der Waals surface area (Å²) in [5, 5.41) is 2.88. The second-order valence-corrected chi connectivity index (χ2v) is 10.6. The van der Waals surface area contributed by atoms with Crippen LogP contribution in [0.2, 0.25) is 0 Å². The van der Waals surface area contributed by atoms with Crippen LogP contribution in [-0.4, -0.2) is 49.2 Å². The number of sulfonamides is 1. The Morgan fingerprint density at radius 3 is 2.66 bits per heavy atom. The van der Waals surface area contributed by atoms with Gasteiger partial charge in [-0.25, -0.2) is 8.42 Å². The van der Waals surface area contributed by atoms with Crippen LogP contribution in [0.25, 0.3) is 6.08 Å². The minimum atomic E-state index is -3.34. The number of carbonyl (C=O) groups excluding carboxylic acids is 1. The van der Waals surface area contributed by atoms with Gasteiger partial charge in [0.25, 0.3) is 0 Å². The Morgan fingerprint density at radius 2 is 1.94 bits per heavy atom. The molecule has 7 nitrogen and oxygen atoms in total. The van der Waals surface area contributed by atoms with Crippen LogP contribution >= 0.6 is 0 Å². The van der Waals surface area contributed by atoms with Crippen molar-refractivity contribution in [2.75, 3.05) is 25.4 Å². The number of carbonyl (C=O) groups is 1. The molecule has 1 aromatic rings. The molecule has 0 saturated heterocycles. The molecular formula is C24H39N3O4S. The zero-order valence-electron chi connectivity index (χ0n) is 19.4. The third-order valence-corrected chi connectivity index (χ3v) is 7.42. The van der Waals surface area contributed by atoms with Gasteiger partial charge in [-0.3, -0.25) is 14.6 Å². The molecule has 2 rings (SSSR count). The third-order valence-electron chi connectivity index (χ3n) is 5.78. The molecule has 1 aliphatic carbocycles. The first kappa shape index (κ1) is 26.5. The summed E-state index contributed by atoms with van der Waals surface area (Å²) in [6, 6.07) is 3.72. The van der Waals surface area contributed by atoms with Crippen molar-refractivity contribution in [1.29, 1.82) is 0 Å². The Kier molecular flexibility index (Phi) is 12.5. The van der Waals surface area contributed by atoms with Crippen LogP contribution in [0.4, 0.5) is 0 Å². The van der Waals surface area contributed by atoms with E-state index >= 15 is 0 Å². The number of nitrogens with zero attached hydrogens (tertiary/aromatic N) is 2. The van der Waals surface area contributed by atoms with Crippen molar-refractivity contribution in [1.82, 2.24) is 14.8 Å². The normalized spacial score (nSPS) is 15.4. The average molecular weight is 466 g/mol. The molecule has 0 bridgehead atoms. The molecule has 0 aliphatic heterocycles. The van der Waals surface area contributed by atoms with Gasteiger partial charge < -0.3 is 5.32 Å². The van der Waals surface area contributed by atoms with Gasteiger partial charge >= 0.3 is 0 Å². The molecule has 1 aliphatic rings. The van der Waals surface area contributed by atoms with Crippen LogP contribution in [0.15, 0.2) is 30.6 Å². The van der Waals surface area contributed by atoms with Gasteiger partial charge in [0, 0.05) is 31.6 Å². The minimum Gasteiger partial charge on any atom is -0.353 e. The highest BCUT2D eigenvalue weighted by atomic mass is 32.2. The van der Waals surface area contributed by atoms with Crippen LogP contribution in [0.3, 0.4) is 0 Å². The lowest BCUT2D eigenvalue weighted by molar-refractivity contribution is -0.116. The number of hydrogen-bond acceptors (Lipinski definition) is 5. The maximum absolute atomic E-state index is 12.3. The number of rotatable bonds is 15. The average Bonchev–Trinajstić information content (AvgIpc) is 2.82. The smallest absolute Gasteiger partial charge is 0.243 e. The Balaban J connectivity index is 1.56. The van der Waals surface area contributed by atoms with Crippen molar-refractivity contribution in [2.45, 2.75) is 71.1 Å². The summed E-state index contributed by atoms with van der Waals surface area (Å²) in [6.45, 7) is 3.22. The van der Waals surface area contributed by atoms with Crippen LogP contribution < -0.4 is 5.32 Å². The predicted octanol–water partition coefficient (Wildman–Crippen LogP) is 4.33. The van der Waals surface area contributed by atoms with E-state index in [1.54, 1.807) is 25.4 Å².